The predicted octanol–water partition coefficient (Wildman–Crippen LogP) is 1.34. The fourth-order valence-electron chi connectivity index (χ4n) is 2.41. The Morgan fingerprint density at radius 2 is 1.78 bits per heavy atom. The number of hydrogen-bond donors (Lipinski definition) is 4. The van der Waals surface area contributed by atoms with Crippen LogP contribution in [0.1, 0.15) is 18.1 Å². The van der Waals surface area contributed by atoms with E-state index in [4.69, 9.17) is 21.0 Å². The van der Waals surface area contributed by atoms with Gasteiger partial charge in [-0.25, -0.2) is 17.9 Å². The van der Waals surface area contributed by atoms with Crippen molar-refractivity contribution in [3.8, 4) is 5.75 Å². The Labute approximate surface area is 157 Å². The summed E-state index contributed by atoms with van der Waals surface area (Å²) in [5, 5.41) is 15.9. The van der Waals surface area contributed by atoms with Crippen molar-refractivity contribution in [1.82, 2.24) is 4.72 Å². The van der Waals surface area contributed by atoms with Crippen molar-refractivity contribution in [3.63, 3.8) is 0 Å². The van der Waals surface area contributed by atoms with Crippen LogP contribution in [0.25, 0.3) is 0 Å². The van der Waals surface area contributed by atoms with E-state index in [9.17, 15) is 13.2 Å². The third-order valence-corrected chi connectivity index (χ3v) is 5.26. The second-order valence-corrected chi connectivity index (χ2v) is 7.70. The van der Waals surface area contributed by atoms with Gasteiger partial charge in [0.2, 0.25) is 10.0 Å². The summed E-state index contributed by atoms with van der Waals surface area (Å²) in [5.74, 6) is -0.755. The lowest BCUT2D eigenvalue weighted by molar-refractivity contribution is -0.139. The number of benzene rings is 2. The number of nitrogens with one attached hydrogen (secondary N) is 2. The summed E-state index contributed by atoms with van der Waals surface area (Å²) in [6.07, 6.45) is 0.448. The van der Waals surface area contributed by atoms with E-state index in [0.717, 1.165) is 5.56 Å². The molecular weight excluding hydrogens is 370 g/mol. The normalized spacial score (nSPS) is 12.3. The van der Waals surface area contributed by atoms with Crippen LogP contribution in [-0.4, -0.2) is 38.0 Å². The Morgan fingerprint density at radius 3 is 2.30 bits per heavy atom. The lowest BCUT2D eigenvalue weighted by atomic mass is 10.1. The number of ether oxygens (including phenoxy) is 1. The third-order valence-electron chi connectivity index (χ3n) is 3.66. The van der Waals surface area contributed by atoms with Crippen LogP contribution < -0.4 is 15.2 Å². The molecule has 0 saturated carbocycles. The second kappa shape index (κ2) is 8.65. The van der Waals surface area contributed by atoms with Gasteiger partial charge in [-0.05, 0) is 55.3 Å². The maximum atomic E-state index is 12.4. The standard InChI is InChI=1S/C18H21N3O5S/c1-12(10-13-2-6-15(7-3-13)26-11-17(22)23)21-27(24,25)16-8-4-14(5-9-16)18(19)20/h2-9,12,21H,10-11H2,1H3,(H3,19,20)(H,22,23)/t12-/m1/s1. The molecule has 27 heavy (non-hydrogen) atoms. The van der Waals surface area contributed by atoms with Crippen molar-refractivity contribution in [2.45, 2.75) is 24.3 Å². The highest BCUT2D eigenvalue weighted by atomic mass is 32.2. The van der Waals surface area contributed by atoms with Crippen LogP contribution in [0.3, 0.4) is 0 Å². The van der Waals surface area contributed by atoms with Crippen molar-refractivity contribution in [3.05, 3.63) is 59.7 Å². The van der Waals surface area contributed by atoms with Crippen LogP contribution in [-0.2, 0) is 21.2 Å². The number of aliphatic carboxylic acids is 1. The van der Waals surface area contributed by atoms with Crippen molar-refractivity contribution in [2.24, 2.45) is 5.73 Å². The molecule has 0 aliphatic rings. The molecular formula is C18H21N3O5S. The molecule has 2 rings (SSSR count). The molecule has 0 aliphatic carbocycles. The zero-order valence-electron chi connectivity index (χ0n) is 14.7. The summed E-state index contributed by atoms with van der Waals surface area (Å²) in [6, 6.07) is 12.2. The van der Waals surface area contributed by atoms with Crippen LogP contribution in [0.15, 0.2) is 53.4 Å². The zero-order chi connectivity index (χ0) is 20.0. The summed E-state index contributed by atoms with van der Waals surface area (Å²) in [5.41, 5.74) is 6.69. The molecule has 9 heteroatoms. The van der Waals surface area contributed by atoms with Crippen molar-refractivity contribution in [1.29, 1.82) is 5.41 Å². The summed E-state index contributed by atoms with van der Waals surface area (Å²) < 4.78 is 32.6. The van der Waals surface area contributed by atoms with Crippen molar-refractivity contribution < 1.29 is 23.1 Å². The van der Waals surface area contributed by atoms with Crippen LogP contribution in [0.5, 0.6) is 5.75 Å². The largest absolute Gasteiger partial charge is 0.482 e. The van der Waals surface area contributed by atoms with Gasteiger partial charge in [0.05, 0.1) is 4.90 Å². The number of carboxylic acid groups (broad SMARTS) is 1. The molecule has 0 bridgehead atoms. The highest BCUT2D eigenvalue weighted by molar-refractivity contribution is 7.89. The lowest BCUT2D eigenvalue weighted by Crippen LogP contribution is -2.34. The molecule has 2 aromatic carbocycles. The van der Waals surface area contributed by atoms with Crippen LogP contribution in [0.4, 0.5) is 0 Å². The van der Waals surface area contributed by atoms with E-state index in [1.54, 1.807) is 31.2 Å². The first-order valence-electron chi connectivity index (χ1n) is 8.07. The number of nitrogens with two attached hydrogens (primary N) is 1. The van der Waals surface area contributed by atoms with Gasteiger partial charge >= 0.3 is 5.97 Å². The highest BCUT2D eigenvalue weighted by Gasteiger charge is 2.17. The summed E-state index contributed by atoms with van der Waals surface area (Å²) >= 11 is 0. The number of hydrogen-bond acceptors (Lipinski definition) is 5. The van der Waals surface area contributed by atoms with Gasteiger partial charge in [0, 0.05) is 11.6 Å². The van der Waals surface area contributed by atoms with E-state index < -0.39 is 22.6 Å². The maximum absolute atomic E-state index is 12.4. The van der Waals surface area contributed by atoms with Gasteiger partial charge in [-0.3, -0.25) is 5.41 Å². The molecule has 0 aromatic heterocycles. The van der Waals surface area contributed by atoms with Gasteiger partial charge in [0.25, 0.3) is 0 Å². The number of carbonyl (C=O) groups is 1. The van der Waals surface area contributed by atoms with E-state index >= 15 is 0 Å². The van der Waals surface area contributed by atoms with E-state index in [1.165, 1.54) is 24.3 Å². The Hall–Kier alpha value is -2.91. The summed E-state index contributed by atoms with van der Waals surface area (Å²) in [6.45, 7) is 1.33. The third kappa shape index (κ3) is 6.08. The van der Waals surface area contributed by atoms with E-state index in [2.05, 4.69) is 4.72 Å². The van der Waals surface area contributed by atoms with Gasteiger partial charge in [0.15, 0.2) is 6.61 Å². The molecule has 0 unspecified atom stereocenters. The topological polar surface area (TPSA) is 143 Å². The van der Waals surface area contributed by atoms with Crippen LogP contribution >= 0.6 is 0 Å². The zero-order valence-corrected chi connectivity index (χ0v) is 15.5. The molecule has 0 saturated heterocycles. The summed E-state index contributed by atoms with van der Waals surface area (Å²) in [7, 11) is -3.70. The smallest absolute Gasteiger partial charge is 0.341 e. The van der Waals surface area contributed by atoms with Crippen molar-refractivity contribution in [2.75, 3.05) is 6.61 Å². The summed E-state index contributed by atoms with van der Waals surface area (Å²) in [4.78, 5) is 10.6. The molecule has 0 aliphatic heterocycles. The lowest BCUT2D eigenvalue weighted by Gasteiger charge is -2.15. The molecule has 1 atom stereocenters. The minimum atomic E-state index is -3.70. The van der Waals surface area contributed by atoms with E-state index in [-0.39, 0.29) is 16.8 Å². The highest BCUT2D eigenvalue weighted by Crippen LogP contribution is 2.15. The fraction of sp³-hybridized carbons (Fsp3) is 0.222. The fourth-order valence-corrected chi connectivity index (χ4v) is 3.65. The predicted molar refractivity (Wildman–Crippen MR) is 101 cm³/mol. The average Bonchev–Trinajstić information content (AvgIpc) is 2.60. The minimum Gasteiger partial charge on any atom is -0.482 e. The molecule has 8 nitrogen and oxygen atoms in total. The SMILES string of the molecule is C[C@H](Cc1ccc(OCC(=O)O)cc1)NS(=O)(=O)c1ccc(C(=N)N)cc1. The van der Waals surface area contributed by atoms with Gasteiger partial charge in [-0.2, -0.15) is 0 Å². The number of amidine groups is 1. The van der Waals surface area contributed by atoms with E-state index in [0.29, 0.717) is 17.7 Å². The number of sulfonamides is 1. The van der Waals surface area contributed by atoms with Gasteiger partial charge in [0.1, 0.15) is 11.6 Å². The Balaban J connectivity index is 1.98. The number of nitrogen functional groups attached to an aromatic ring is 1. The monoisotopic (exact) mass is 391 g/mol. The second-order valence-electron chi connectivity index (χ2n) is 5.99. The quantitative estimate of drug-likeness (QED) is 0.375. The van der Waals surface area contributed by atoms with Crippen LogP contribution in [0.2, 0.25) is 0 Å². The van der Waals surface area contributed by atoms with Gasteiger partial charge < -0.3 is 15.6 Å². The Bertz CT molecular complexity index is 909. The molecule has 0 heterocycles. The first-order valence-corrected chi connectivity index (χ1v) is 9.56. The average molecular weight is 391 g/mol. The Kier molecular flexibility index (Phi) is 6.54. The number of rotatable bonds is 9. The van der Waals surface area contributed by atoms with E-state index in [1.807, 2.05) is 0 Å². The first-order chi connectivity index (χ1) is 12.7. The molecule has 144 valence electrons. The minimum absolute atomic E-state index is 0.0942. The van der Waals surface area contributed by atoms with Crippen LogP contribution in [0, 0.1) is 5.41 Å². The maximum Gasteiger partial charge on any atom is 0.341 e. The molecule has 5 N–H and O–H groups in total. The molecule has 2 aromatic rings. The molecule has 0 fully saturated rings. The molecule has 0 spiro atoms. The molecule has 0 radical (unpaired) electrons. The number of carboxylic acids is 1. The van der Waals surface area contributed by atoms with Crippen molar-refractivity contribution >= 4 is 21.8 Å². The Morgan fingerprint density at radius 1 is 1.19 bits per heavy atom. The van der Waals surface area contributed by atoms with Gasteiger partial charge in [-0.1, -0.05) is 12.1 Å². The van der Waals surface area contributed by atoms with Gasteiger partial charge in [-0.15, -0.1) is 0 Å². The first kappa shape index (κ1) is 20.4. The molecule has 0 amide bonds.